The van der Waals surface area contributed by atoms with Gasteiger partial charge in [-0.1, -0.05) is 17.3 Å². The molecule has 0 atom stereocenters. The van der Waals surface area contributed by atoms with Crippen LogP contribution in [-0.2, 0) is 11.4 Å². The van der Waals surface area contributed by atoms with Crippen LogP contribution in [0.5, 0.6) is 11.5 Å². The van der Waals surface area contributed by atoms with Crippen LogP contribution < -0.4 is 9.47 Å². The number of Topliss-reactive ketones (excluding diaryl/α,β-unsaturated/α-hetero) is 1. The van der Waals surface area contributed by atoms with E-state index in [1.54, 1.807) is 36.4 Å². The Balaban J connectivity index is 2.07. The first-order valence-electron chi connectivity index (χ1n) is 7.38. The van der Waals surface area contributed by atoms with Gasteiger partial charge in [-0.3, -0.25) is 4.79 Å². The van der Waals surface area contributed by atoms with Crippen molar-refractivity contribution in [2.45, 2.75) is 20.1 Å². The summed E-state index contributed by atoms with van der Waals surface area (Å²) in [6.07, 6.45) is 1.28. The van der Waals surface area contributed by atoms with Gasteiger partial charge in [-0.05, 0) is 37.3 Å². The molecule has 2 rings (SSSR count). The van der Waals surface area contributed by atoms with Crippen LogP contribution in [0.15, 0.2) is 47.6 Å². The summed E-state index contributed by atoms with van der Waals surface area (Å²) in [5, 5.41) is 3.76. The number of hydrogen-bond acceptors (Lipinski definition) is 5. The van der Waals surface area contributed by atoms with Gasteiger partial charge in [-0.25, -0.2) is 0 Å². The van der Waals surface area contributed by atoms with Crippen molar-refractivity contribution >= 4 is 12.0 Å². The lowest BCUT2D eigenvalue weighted by molar-refractivity contribution is -0.0499. The molecule has 0 spiro atoms. The molecule has 2 aromatic carbocycles. The van der Waals surface area contributed by atoms with Crippen LogP contribution in [0.4, 0.5) is 8.78 Å². The zero-order valence-electron chi connectivity index (χ0n) is 13.7. The van der Waals surface area contributed by atoms with E-state index in [1.165, 1.54) is 26.3 Å². The fourth-order valence-electron chi connectivity index (χ4n) is 2.10. The number of hydrogen-bond donors (Lipinski definition) is 0. The van der Waals surface area contributed by atoms with E-state index in [4.69, 9.17) is 9.57 Å². The zero-order valence-corrected chi connectivity index (χ0v) is 13.7. The van der Waals surface area contributed by atoms with E-state index in [9.17, 15) is 13.6 Å². The number of rotatable bonds is 8. The molecule has 7 heteroatoms. The summed E-state index contributed by atoms with van der Waals surface area (Å²) in [5.74, 6) is 0.480. The van der Waals surface area contributed by atoms with Gasteiger partial charge >= 0.3 is 6.61 Å². The Hall–Kier alpha value is -2.96. The van der Waals surface area contributed by atoms with Crippen molar-refractivity contribution in [1.29, 1.82) is 0 Å². The fourth-order valence-corrected chi connectivity index (χ4v) is 2.10. The second-order valence-corrected chi connectivity index (χ2v) is 5.01. The molecule has 0 radical (unpaired) electrons. The van der Waals surface area contributed by atoms with Crippen molar-refractivity contribution in [3.8, 4) is 11.5 Å². The Labute approximate surface area is 143 Å². The summed E-state index contributed by atoms with van der Waals surface area (Å²) in [7, 11) is 1.51. The highest BCUT2D eigenvalue weighted by molar-refractivity contribution is 5.94. The minimum absolute atomic E-state index is 0.000933. The Morgan fingerprint density at radius 2 is 1.96 bits per heavy atom. The molecular weight excluding hydrogens is 332 g/mol. The molecule has 0 N–H and O–H groups in total. The summed E-state index contributed by atoms with van der Waals surface area (Å²) >= 11 is 0. The van der Waals surface area contributed by atoms with Crippen LogP contribution in [0.3, 0.4) is 0 Å². The van der Waals surface area contributed by atoms with Gasteiger partial charge in [0.25, 0.3) is 0 Å². The fraction of sp³-hybridized carbons (Fsp3) is 0.222. The van der Waals surface area contributed by atoms with Gasteiger partial charge in [0.05, 0.1) is 13.3 Å². The number of para-hydroxylation sites is 1. The number of carbonyl (C=O) groups excluding carboxylic acids is 1. The smallest absolute Gasteiger partial charge is 0.387 e. The van der Waals surface area contributed by atoms with Crippen LogP contribution in [0.2, 0.25) is 0 Å². The number of alkyl halides is 2. The first kappa shape index (κ1) is 18.4. The molecular formula is C18H17F2NO4. The molecule has 0 aliphatic rings. The average molecular weight is 349 g/mol. The Bertz CT molecular complexity index is 762. The molecule has 2 aromatic rings. The lowest BCUT2D eigenvalue weighted by Crippen LogP contribution is -2.04. The van der Waals surface area contributed by atoms with Crippen molar-refractivity contribution in [2.75, 3.05) is 7.11 Å². The molecule has 5 nitrogen and oxygen atoms in total. The maximum atomic E-state index is 12.4. The third kappa shape index (κ3) is 5.27. The highest BCUT2D eigenvalue weighted by atomic mass is 19.3. The molecule has 0 heterocycles. The van der Waals surface area contributed by atoms with Crippen LogP contribution in [-0.4, -0.2) is 25.7 Å². The molecule has 25 heavy (non-hydrogen) atoms. The topological polar surface area (TPSA) is 57.1 Å². The SMILES string of the molecule is COc1ccc(C(C)=O)cc1CO/N=C/c1ccccc1OC(F)F. The number of ketones is 1. The number of oxime groups is 1. The monoisotopic (exact) mass is 349 g/mol. The van der Waals surface area contributed by atoms with Crippen molar-refractivity contribution in [3.63, 3.8) is 0 Å². The van der Waals surface area contributed by atoms with E-state index in [0.29, 0.717) is 22.4 Å². The maximum absolute atomic E-state index is 12.4. The van der Waals surface area contributed by atoms with Gasteiger partial charge in [0, 0.05) is 16.7 Å². The average Bonchev–Trinajstić information content (AvgIpc) is 2.59. The first-order valence-corrected chi connectivity index (χ1v) is 7.38. The minimum Gasteiger partial charge on any atom is -0.496 e. The van der Waals surface area contributed by atoms with Crippen LogP contribution >= 0.6 is 0 Å². The van der Waals surface area contributed by atoms with Gasteiger partial charge in [-0.15, -0.1) is 0 Å². The third-order valence-corrected chi connectivity index (χ3v) is 3.31. The van der Waals surface area contributed by atoms with Crippen molar-refractivity contribution in [2.24, 2.45) is 5.16 Å². The molecule has 132 valence electrons. The lowest BCUT2D eigenvalue weighted by atomic mass is 10.1. The number of carbonyl (C=O) groups is 1. The molecule has 0 aliphatic carbocycles. The van der Waals surface area contributed by atoms with Crippen LogP contribution in [0, 0.1) is 0 Å². The summed E-state index contributed by atoms with van der Waals surface area (Å²) in [6, 6.07) is 11.2. The molecule has 0 bridgehead atoms. The van der Waals surface area contributed by atoms with Crippen molar-refractivity contribution < 1.29 is 27.9 Å². The molecule has 0 amide bonds. The zero-order chi connectivity index (χ0) is 18.2. The summed E-state index contributed by atoms with van der Waals surface area (Å²) in [4.78, 5) is 16.6. The standard InChI is InChI=1S/C18H17F2NO4/c1-12(22)13-7-8-16(23-2)15(9-13)11-24-21-10-14-5-3-4-6-17(14)25-18(19)20/h3-10,18H,11H2,1-2H3/b21-10+. The van der Waals surface area contributed by atoms with Crippen molar-refractivity contribution in [1.82, 2.24) is 0 Å². The number of halogens is 2. The summed E-state index contributed by atoms with van der Waals surface area (Å²) < 4.78 is 34.3. The molecule has 0 unspecified atom stereocenters. The van der Waals surface area contributed by atoms with E-state index in [-0.39, 0.29) is 18.1 Å². The Morgan fingerprint density at radius 3 is 2.64 bits per heavy atom. The lowest BCUT2D eigenvalue weighted by Gasteiger charge is -2.09. The predicted octanol–water partition coefficient (Wildman–Crippen LogP) is 4.05. The van der Waals surface area contributed by atoms with Gasteiger partial charge in [0.15, 0.2) is 5.78 Å². The molecule has 0 aromatic heterocycles. The van der Waals surface area contributed by atoms with Gasteiger partial charge < -0.3 is 14.3 Å². The van der Waals surface area contributed by atoms with Crippen LogP contribution in [0.1, 0.15) is 28.4 Å². The van der Waals surface area contributed by atoms with Gasteiger partial charge in [0.1, 0.15) is 18.1 Å². The number of benzene rings is 2. The van der Waals surface area contributed by atoms with E-state index in [0.717, 1.165) is 0 Å². The third-order valence-electron chi connectivity index (χ3n) is 3.31. The second kappa shape index (κ2) is 8.77. The molecule has 0 saturated carbocycles. The van der Waals surface area contributed by atoms with E-state index < -0.39 is 6.61 Å². The highest BCUT2D eigenvalue weighted by Crippen LogP contribution is 2.22. The van der Waals surface area contributed by atoms with Crippen LogP contribution in [0.25, 0.3) is 0 Å². The Morgan fingerprint density at radius 1 is 1.20 bits per heavy atom. The number of nitrogens with zero attached hydrogens (tertiary/aromatic N) is 1. The quantitative estimate of drug-likeness (QED) is 0.410. The van der Waals surface area contributed by atoms with E-state index in [1.807, 2.05) is 0 Å². The first-order chi connectivity index (χ1) is 12.0. The molecule has 0 aliphatic heterocycles. The van der Waals surface area contributed by atoms with E-state index >= 15 is 0 Å². The highest BCUT2D eigenvalue weighted by Gasteiger charge is 2.09. The maximum Gasteiger partial charge on any atom is 0.387 e. The molecule has 0 fully saturated rings. The number of ether oxygens (including phenoxy) is 2. The molecule has 0 saturated heterocycles. The minimum atomic E-state index is -2.92. The summed E-state index contributed by atoms with van der Waals surface area (Å²) in [6.45, 7) is -1.41. The number of methoxy groups -OCH3 is 1. The van der Waals surface area contributed by atoms with Crippen molar-refractivity contribution in [3.05, 3.63) is 59.2 Å². The predicted molar refractivity (Wildman–Crippen MR) is 88.5 cm³/mol. The second-order valence-electron chi connectivity index (χ2n) is 5.01. The Kier molecular flexibility index (Phi) is 6.45. The van der Waals surface area contributed by atoms with Gasteiger partial charge in [-0.2, -0.15) is 8.78 Å². The van der Waals surface area contributed by atoms with Gasteiger partial charge in [0.2, 0.25) is 0 Å². The normalized spacial score (nSPS) is 10.9. The van der Waals surface area contributed by atoms with E-state index in [2.05, 4.69) is 9.89 Å². The largest absolute Gasteiger partial charge is 0.496 e. The summed E-state index contributed by atoms with van der Waals surface area (Å²) in [5.41, 5.74) is 1.52.